The van der Waals surface area contributed by atoms with E-state index in [-0.39, 0.29) is 12.6 Å². The van der Waals surface area contributed by atoms with E-state index < -0.39 is 0 Å². The summed E-state index contributed by atoms with van der Waals surface area (Å²) in [5.74, 6) is 0.962. The number of hydrogen-bond donors (Lipinski definition) is 1. The van der Waals surface area contributed by atoms with Gasteiger partial charge in [-0.3, -0.25) is 9.80 Å². The highest BCUT2D eigenvalue weighted by Gasteiger charge is 2.31. The molecule has 0 radical (unpaired) electrons. The first-order chi connectivity index (χ1) is 14.3. The van der Waals surface area contributed by atoms with Gasteiger partial charge in [-0.05, 0) is 61.1 Å². The summed E-state index contributed by atoms with van der Waals surface area (Å²) in [5, 5.41) is 22.1. The molecule has 7 nitrogen and oxygen atoms in total. The number of nitrogens with zero attached hydrogens (tertiary/aromatic N) is 6. The van der Waals surface area contributed by atoms with E-state index in [1.54, 1.807) is 0 Å². The molecule has 1 atom stereocenters. The summed E-state index contributed by atoms with van der Waals surface area (Å²) in [4.78, 5) is 5.28. The minimum atomic E-state index is 0.210. The fourth-order valence-electron chi connectivity index (χ4n) is 4.63. The van der Waals surface area contributed by atoms with E-state index in [2.05, 4.69) is 49.6 Å². The van der Waals surface area contributed by atoms with Crippen LogP contribution >= 0.6 is 0 Å². The van der Waals surface area contributed by atoms with Gasteiger partial charge >= 0.3 is 0 Å². The number of aliphatic hydroxyl groups excluding tert-OH is 1. The maximum absolute atomic E-state index is 9.28. The first-order valence-electron chi connectivity index (χ1n) is 11.2. The molecule has 0 bridgehead atoms. The molecule has 4 rings (SSSR count). The number of rotatable bonds is 9. The van der Waals surface area contributed by atoms with E-state index in [0.717, 1.165) is 50.8 Å². The quantitative estimate of drug-likeness (QED) is 0.655. The summed E-state index contributed by atoms with van der Waals surface area (Å²) < 4.78 is 1.97. The third-order valence-corrected chi connectivity index (χ3v) is 6.52. The van der Waals surface area contributed by atoms with Gasteiger partial charge in [-0.2, -0.15) is 0 Å². The van der Waals surface area contributed by atoms with Crippen molar-refractivity contribution < 1.29 is 5.11 Å². The van der Waals surface area contributed by atoms with E-state index in [4.69, 9.17) is 0 Å². The topological polar surface area (TPSA) is 70.3 Å². The first kappa shape index (κ1) is 20.4. The summed E-state index contributed by atoms with van der Waals surface area (Å²) in [6.45, 7) is 5.45. The Morgan fingerprint density at radius 2 is 1.86 bits per heavy atom. The van der Waals surface area contributed by atoms with Gasteiger partial charge in [0.1, 0.15) is 0 Å². The van der Waals surface area contributed by atoms with Crippen LogP contribution in [0.2, 0.25) is 0 Å². The molecule has 7 heteroatoms. The maximum atomic E-state index is 9.28. The summed E-state index contributed by atoms with van der Waals surface area (Å²) in [6.07, 6.45) is 8.14. The maximum Gasteiger partial charge on any atom is 0.168 e. The average molecular weight is 399 g/mol. The van der Waals surface area contributed by atoms with Crippen LogP contribution in [0.4, 0.5) is 0 Å². The molecule has 0 spiro atoms. The molecule has 1 unspecified atom stereocenters. The Morgan fingerprint density at radius 3 is 2.62 bits per heavy atom. The normalized spacial score (nSPS) is 20.3. The number of hydrogen-bond acceptors (Lipinski definition) is 6. The van der Waals surface area contributed by atoms with Crippen molar-refractivity contribution in [1.82, 2.24) is 30.0 Å². The minimum absolute atomic E-state index is 0.210. The summed E-state index contributed by atoms with van der Waals surface area (Å²) in [7, 11) is 0. The van der Waals surface area contributed by atoms with Crippen molar-refractivity contribution in [2.24, 2.45) is 0 Å². The Balaban J connectivity index is 1.49. The van der Waals surface area contributed by atoms with Crippen LogP contribution in [0.1, 0.15) is 62.4 Å². The molecule has 158 valence electrons. The van der Waals surface area contributed by atoms with Crippen LogP contribution < -0.4 is 0 Å². The summed E-state index contributed by atoms with van der Waals surface area (Å²) >= 11 is 0. The zero-order chi connectivity index (χ0) is 19.9. The van der Waals surface area contributed by atoms with Crippen molar-refractivity contribution in [2.75, 3.05) is 32.8 Å². The molecule has 2 aliphatic rings. The molecule has 1 saturated heterocycles. The van der Waals surface area contributed by atoms with Crippen LogP contribution in [0.3, 0.4) is 0 Å². The smallest absolute Gasteiger partial charge is 0.168 e. The lowest BCUT2D eigenvalue weighted by Gasteiger charge is -2.37. The second kappa shape index (κ2) is 10.3. The highest BCUT2D eigenvalue weighted by Crippen LogP contribution is 2.29. The highest BCUT2D eigenvalue weighted by molar-refractivity contribution is 5.15. The predicted octanol–water partition coefficient (Wildman–Crippen LogP) is 2.49. The standard InChI is InChI=1S/C22H34N6O/c29-17-5-4-12-21(27-14-7-13-26(15-16-27)20-10-6-11-20)22-23-24-25-28(22)18-19-8-2-1-3-9-19/h1-3,8-9,20-21,29H,4-7,10-18H2. The van der Waals surface area contributed by atoms with E-state index in [0.29, 0.717) is 6.54 Å². The zero-order valence-electron chi connectivity index (χ0n) is 17.4. The molecule has 2 heterocycles. The van der Waals surface area contributed by atoms with Crippen molar-refractivity contribution in [3.63, 3.8) is 0 Å². The van der Waals surface area contributed by atoms with Crippen LogP contribution in [0.15, 0.2) is 30.3 Å². The minimum Gasteiger partial charge on any atom is -0.396 e. The van der Waals surface area contributed by atoms with Gasteiger partial charge in [0.25, 0.3) is 0 Å². The molecule has 1 aliphatic heterocycles. The largest absolute Gasteiger partial charge is 0.396 e. The molecule has 1 aromatic carbocycles. The molecule has 2 fully saturated rings. The van der Waals surface area contributed by atoms with Crippen molar-refractivity contribution in [2.45, 2.75) is 63.6 Å². The van der Waals surface area contributed by atoms with Crippen LogP contribution in [0.5, 0.6) is 0 Å². The van der Waals surface area contributed by atoms with E-state index in [1.807, 2.05) is 10.7 Å². The lowest BCUT2D eigenvalue weighted by Crippen LogP contribution is -2.42. The number of unbranched alkanes of at least 4 members (excludes halogenated alkanes) is 1. The molecule has 1 aliphatic carbocycles. The highest BCUT2D eigenvalue weighted by atomic mass is 16.2. The Bertz CT molecular complexity index is 732. The SMILES string of the molecule is OCCCCC(c1nnnn1Cc1ccccc1)N1CCCN(C2CCC2)CC1. The van der Waals surface area contributed by atoms with E-state index in [9.17, 15) is 5.11 Å². The van der Waals surface area contributed by atoms with Gasteiger partial charge in [-0.25, -0.2) is 4.68 Å². The second-order valence-corrected chi connectivity index (χ2v) is 8.43. The zero-order valence-corrected chi connectivity index (χ0v) is 17.4. The Kier molecular flexibility index (Phi) is 7.24. The summed E-state index contributed by atoms with van der Waals surface area (Å²) in [5.41, 5.74) is 1.21. The fourth-order valence-corrected chi connectivity index (χ4v) is 4.63. The van der Waals surface area contributed by atoms with E-state index >= 15 is 0 Å². The number of tetrazole rings is 1. The van der Waals surface area contributed by atoms with Crippen molar-refractivity contribution in [3.05, 3.63) is 41.7 Å². The van der Waals surface area contributed by atoms with Crippen LogP contribution in [-0.4, -0.2) is 73.9 Å². The van der Waals surface area contributed by atoms with Crippen LogP contribution in [0.25, 0.3) is 0 Å². The molecular weight excluding hydrogens is 364 g/mol. The number of aliphatic hydroxyl groups is 1. The second-order valence-electron chi connectivity index (χ2n) is 8.43. The third kappa shape index (κ3) is 5.21. The van der Waals surface area contributed by atoms with Gasteiger partial charge in [0, 0.05) is 32.3 Å². The molecule has 1 saturated carbocycles. The molecule has 29 heavy (non-hydrogen) atoms. The van der Waals surface area contributed by atoms with Crippen LogP contribution in [-0.2, 0) is 6.54 Å². The van der Waals surface area contributed by atoms with Gasteiger partial charge in [0.2, 0.25) is 0 Å². The third-order valence-electron chi connectivity index (χ3n) is 6.52. The van der Waals surface area contributed by atoms with Crippen molar-refractivity contribution in [1.29, 1.82) is 0 Å². The lowest BCUT2D eigenvalue weighted by molar-refractivity contribution is 0.122. The molecule has 1 aromatic heterocycles. The molecule has 1 N–H and O–H groups in total. The van der Waals surface area contributed by atoms with E-state index in [1.165, 1.54) is 37.8 Å². The molecule has 2 aromatic rings. The monoisotopic (exact) mass is 398 g/mol. The fraction of sp³-hybridized carbons (Fsp3) is 0.682. The number of aromatic nitrogens is 4. The van der Waals surface area contributed by atoms with Crippen molar-refractivity contribution in [3.8, 4) is 0 Å². The van der Waals surface area contributed by atoms with Gasteiger partial charge in [-0.1, -0.05) is 36.8 Å². The van der Waals surface area contributed by atoms with Crippen molar-refractivity contribution >= 4 is 0 Å². The first-order valence-corrected chi connectivity index (χ1v) is 11.2. The number of benzene rings is 1. The van der Waals surface area contributed by atoms with Gasteiger partial charge in [0.05, 0.1) is 12.6 Å². The molecule has 0 amide bonds. The Labute approximate surface area is 173 Å². The summed E-state index contributed by atoms with van der Waals surface area (Å²) in [6, 6.07) is 11.4. The molecular formula is C22H34N6O. The van der Waals surface area contributed by atoms with Gasteiger partial charge in [-0.15, -0.1) is 5.10 Å². The lowest BCUT2D eigenvalue weighted by atomic mass is 9.91. The van der Waals surface area contributed by atoms with Gasteiger partial charge in [0.15, 0.2) is 5.82 Å². The average Bonchev–Trinajstić information content (AvgIpc) is 3.02. The van der Waals surface area contributed by atoms with Gasteiger partial charge < -0.3 is 5.11 Å². The predicted molar refractivity (Wildman–Crippen MR) is 112 cm³/mol. The Morgan fingerprint density at radius 1 is 1.00 bits per heavy atom. The van der Waals surface area contributed by atoms with Crippen LogP contribution in [0, 0.1) is 0 Å². The Hall–Kier alpha value is -1.83.